The number of nitrogens with one attached hydrogen (secondary N) is 1. The van der Waals surface area contributed by atoms with Crippen molar-refractivity contribution in [2.24, 2.45) is 0 Å². The number of piperidine rings is 2. The van der Waals surface area contributed by atoms with Gasteiger partial charge >= 0.3 is 0 Å². The molecule has 0 spiro atoms. The van der Waals surface area contributed by atoms with Crippen LogP contribution in [0.4, 0.5) is 0 Å². The van der Waals surface area contributed by atoms with E-state index in [4.69, 9.17) is 23.2 Å². The van der Waals surface area contributed by atoms with Crippen molar-refractivity contribution in [2.45, 2.75) is 50.7 Å². The Hall–Kier alpha value is -2.37. The molecule has 3 aromatic carbocycles. The minimum Gasteiger partial charge on any atom is -0.356 e. The first-order valence-electron chi connectivity index (χ1n) is 13.3. The molecule has 2 aliphatic rings. The van der Waals surface area contributed by atoms with E-state index in [1.54, 1.807) is 6.07 Å². The van der Waals surface area contributed by atoms with Crippen molar-refractivity contribution >= 4 is 29.6 Å². The lowest BCUT2D eigenvalue weighted by Gasteiger charge is -2.33. The molecule has 0 bridgehead atoms. The third kappa shape index (κ3) is 7.14. The van der Waals surface area contributed by atoms with Crippen LogP contribution >= 0.6 is 23.2 Å². The number of halogens is 2. The van der Waals surface area contributed by atoms with Gasteiger partial charge in [0.25, 0.3) is 0 Å². The maximum absolute atomic E-state index is 10.8. The van der Waals surface area contributed by atoms with E-state index in [2.05, 4.69) is 63.6 Å². The number of amides is 1. The lowest BCUT2D eigenvalue weighted by Crippen LogP contribution is -2.41. The number of carbonyl (C=O) groups excluding carboxylic acids is 1. The fourth-order valence-electron chi connectivity index (χ4n) is 5.85. The highest BCUT2D eigenvalue weighted by atomic mass is 35.5. The highest BCUT2D eigenvalue weighted by molar-refractivity contribution is 6.35. The first-order chi connectivity index (χ1) is 18.1. The monoisotopic (exact) mass is 535 g/mol. The van der Waals surface area contributed by atoms with Crippen LogP contribution in [0.25, 0.3) is 11.1 Å². The first-order valence-corrected chi connectivity index (χ1v) is 14.1. The molecule has 0 saturated carbocycles. The third-order valence-electron chi connectivity index (χ3n) is 7.81. The summed E-state index contributed by atoms with van der Waals surface area (Å²) >= 11 is 12.7. The van der Waals surface area contributed by atoms with E-state index in [0.29, 0.717) is 22.0 Å². The zero-order chi connectivity index (χ0) is 25.6. The van der Waals surface area contributed by atoms with Gasteiger partial charge in [-0.3, -0.25) is 14.6 Å². The Morgan fingerprint density at radius 2 is 1.27 bits per heavy atom. The van der Waals surface area contributed by atoms with Gasteiger partial charge in [-0.25, -0.2) is 0 Å². The highest BCUT2D eigenvalue weighted by Gasteiger charge is 2.22. The van der Waals surface area contributed by atoms with Crippen LogP contribution in [0.3, 0.4) is 0 Å². The van der Waals surface area contributed by atoms with Crippen LogP contribution in [0.1, 0.15) is 48.3 Å². The molecule has 3 aromatic rings. The van der Waals surface area contributed by atoms with E-state index < -0.39 is 0 Å². The van der Waals surface area contributed by atoms with Gasteiger partial charge in [-0.05, 0) is 103 Å². The predicted molar refractivity (Wildman–Crippen MR) is 153 cm³/mol. The summed E-state index contributed by atoms with van der Waals surface area (Å²) in [6.07, 6.45) is 5.21. The number of benzene rings is 3. The fourth-order valence-corrected chi connectivity index (χ4v) is 6.38. The summed E-state index contributed by atoms with van der Waals surface area (Å²) < 4.78 is 0. The minimum absolute atomic E-state index is 0.295. The molecule has 0 aliphatic carbocycles. The average molecular weight is 537 g/mol. The molecule has 37 heavy (non-hydrogen) atoms. The van der Waals surface area contributed by atoms with Crippen LogP contribution in [0.15, 0.2) is 66.7 Å². The molecule has 194 valence electrons. The van der Waals surface area contributed by atoms with Gasteiger partial charge in [0.05, 0.1) is 0 Å². The Labute approximate surface area is 230 Å². The van der Waals surface area contributed by atoms with Gasteiger partial charge in [0.1, 0.15) is 0 Å². The molecule has 1 N–H and O–H groups in total. The van der Waals surface area contributed by atoms with Crippen molar-refractivity contribution in [3.63, 3.8) is 0 Å². The summed E-state index contributed by atoms with van der Waals surface area (Å²) in [5.41, 5.74) is 6.33. The number of hydrogen-bond donors (Lipinski definition) is 1. The normalized spacial score (nSPS) is 18.1. The Morgan fingerprint density at radius 3 is 1.84 bits per heavy atom. The number of rotatable bonds is 8. The zero-order valence-corrected chi connectivity index (χ0v) is 22.7. The van der Waals surface area contributed by atoms with Crippen LogP contribution in [0.5, 0.6) is 0 Å². The van der Waals surface area contributed by atoms with Crippen molar-refractivity contribution in [1.29, 1.82) is 0 Å². The maximum atomic E-state index is 10.8. The molecule has 0 atom stereocenters. The number of nitrogens with zero attached hydrogens (tertiary/aromatic N) is 2. The minimum atomic E-state index is 0.295. The zero-order valence-electron chi connectivity index (χ0n) is 21.2. The van der Waals surface area contributed by atoms with Crippen molar-refractivity contribution in [1.82, 2.24) is 15.1 Å². The summed E-state index contributed by atoms with van der Waals surface area (Å²) in [6.45, 7) is 6.04. The lowest BCUT2D eigenvalue weighted by molar-refractivity contribution is -0.110. The van der Waals surface area contributed by atoms with E-state index in [9.17, 15) is 4.79 Å². The average Bonchev–Trinajstić information content (AvgIpc) is 2.90. The molecule has 0 radical (unpaired) electrons. The Morgan fingerprint density at radius 1 is 0.730 bits per heavy atom. The standard InChI is InChI=1S/C31H35Cl2N3O/c32-29-17-28(18-30(33)19-29)27-15-23(14-24(16-27)21-36-12-8-31(9-13-36)34-22-37)20-35-10-6-26(7-11-35)25-4-2-1-3-5-25/h1-5,14-19,22,26,31H,6-13,20-21H2,(H,34,37). The molecule has 0 aromatic heterocycles. The SMILES string of the molecule is O=CNC1CCN(Cc2cc(CN3CCC(c4ccccc4)CC3)cc(-c3cc(Cl)cc(Cl)c3)c2)CC1. The van der Waals surface area contributed by atoms with Crippen LogP contribution in [-0.2, 0) is 17.9 Å². The summed E-state index contributed by atoms with van der Waals surface area (Å²) in [6, 6.07) is 24.0. The van der Waals surface area contributed by atoms with Gasteiger partial charge in [-0.15, -0.1) is 0 Å². The van der Waals surface area contributed by atoms with Crippen molar-refractivity contribution in [3.05, 3.63) is 93.5 Å². The molecule has 6 heteroatoms. The van der Waals surface area contributed by atoms with Gasteiger partial charge < -0.3 is 5.32 Å². The molecule has 1 amide bonds. The topological polar surface area (TPSA) is 35.6 Å². The van der Waals surface area contributed by atoms with Crippen LogP contribution in [0, 0.1) is 0 Å². The van der Waals surface area contributed by atoms with Gasteiger partial charge in [0.15, 0.2) is 0 Å². The molecule has 2 heterocycles. The van der Waals surface area contributed by atoms with Crippen LogP contribution in [-0.4, -0.2) is 48.4 Å². The summed E-state index contributed by atoms with van der Waals surface area (Å²) in [5.74, 6) is 0.657. The Kier molecular flexibility index (Phi) is 8.83. The van der Waals surface area contributed by atoms with E-state index in [1.807, 2.05) is 12.1 Å². The number of hydrogen-bond acceptors (Lipinski definition) is 3. The van der Waals surface area contributed by atoms with Gasteiger partial charge in [-0.1, -0.05) is 59.6 Å². The Bertz CT molecular complexity index is 1170. The predicted octanol–water partition coefficient (Wildman–Crippen LogP) is 6.75. The largest absolute Gasteiger partial charge is 0.356 e. The number of likely N-dealkylation sites (tertiary alicyclic amines) is 2. The quantitative estimate of drug-likeness (QED) is 0.324. The van der Waals surface area contributed by atoms with E-state index in [-0.39, 0.29) is 0 Å². The number of carbonyl (C=O) groups is 1. The smallest absolute Gasteiger partial charge is 0.207 e. The van der Waals surface area contributed by atoms with Crippen LogP contribution in [0.2, 0.25) is 10.0 Å². The van der Waals surface area contributed by atoms with Crippen molar-refractivity contribution in [3.8, 4) is 11.1 Å². The van der Waals surface area contributed by atoms with E-state index >= 15 is 0 Å². The lowest BCUT2D eigenvalue weighted by atomic mass is 9.89. The maximum Gasteiger partial charge on any atom is 0.207 e. The molecule has 2 fully saturated rings. The van der Waals surface area contributed by atoms with Crippen LogP contribution < -0.4 is 5.32 Å². The molecular formula is C31H35Cl2N3O. The highest BCUT2D eigenvalue weighted by Crippen LogP contribution is 2.32. The van der Waals surface area contributed by atoms with Gasteiger partial charge in [0, 0.05) is 42.3 Å². The van der Waals surface area contributed by atoms with Gasteiger partial charge in [0.2, 0.25) is 6.41 Å². The van der Waals surface area contributed by atoms with Crippen molar-refractivity contribution in [2.75, 3.05) is 26.2 Å². The second kappa shape index (κ2) is 12.4. The van der Waals surface area contributed by atoms with E-state index in [1.165, 1.54) is 29.5 Å². The summed E-state index contributed by atoms with van der Waals surface area (Å²) in [4.78, 5) is 15.9. The van der Waals surface area contributed by atoms with Gasteiger partial charge in [-0.2, -0.15) is 0 Å². The molecular weight excluding hydrogens is 501 g/mol. The summed E-state index contributed by atoms with van der Waals surface area (Å²) in [5, 5.41) is 4.25. The second-order valence-corrected chi connectivity index (χ2v) is 11.4. The fraction of sp³-hybridized carbons (Fsp3) is 0.387. The van der Waals surface area contributed by atoms with Crippen molar-refractivity contribution < 1.29 is 4.79 Å². The molecule has 4 nitrogen and oxygen atoms in total. The molecule has 2 saturated heterocycles. The second-order valence-electron chi connectivity index (χ2n) is 10.5. The first kappa shape index (κ1) is 26.2. The van der Waals surface area contributed by atoms with E-state index in [0.717, 1.165) is 69.6 Å². The third-order valence-corrected chi connectivity index (χ3v) is 8.25. The summed E-state index contributed by atoms with van der Waals surface area (Å²) in [7, 11) is 0. The Balaban J connectivity index is 1.32. The molecule has 0 unspecified atom stereocenters. The molecule has 5 rings (SSSR count). The molecule has 2 aliphatic heterocycles.